The molecule has 0 aromatic heterocycles. The molecule has 0 radical (unpaired) electrons. The monoisotopic (exact) mass is 527 g/mol. The predicted molar refractivity (Wildman–Crippen MR) is 131 cm³/mol. The van der Waals surface area contributed by atoms with Gasteiger partial charge in [0.05, 0.1) is 29.1 Å². The second-order valence-electron chi connectivity index (χ2n) is 7.92. The van der Waals surface area contributed by atoms with Crippen LogP contribution in [0, 0.1) is 0 Å². The fourth-order valence-corrected chi connectivity index (χ4v) is 5.68. The van der Waals surface area contributed by atoms with Gasteiger partial charge in [-0.25, -0.2) is 21.6 Å². The van der Waals surface area contributed by atoms with Gasteiger partial charge < -0.3 is 19.5 Å². The number of ether oxygens (including phenoxy) is 3. The van der Waals surface area contributed by atoms with E-state index in [2.05, 4.69) is 10.0 Å². The number of nitrogens with zero attached hydrogens (tertiary/aromatic N) is 1. The Morgan fingerprint density at radius 1 is 1.06 bits per heavy atom. The minimum absolute atomic E-state index is 0.0767. The molecule has 1 heterocycles. The van der Waals surface area contributed by atoms with E-state index < -0.39 is 32.5 Å². The van der Waals surface area contributed by atoms with Gasteiger partial charge >= 0.3 is 0 Å². The first-order valence-corrected chi connectivity index (χ1v) is 14.0. The summed E-state index contributed by atoms with van der Waals surface area (Å²) < 4.78 is 70.5. The number of nitrogens with one attached hydrogen (secondary N) is 2. The normalized spacial score (nSPS) is 13.4. The molecule has 1 aliphatic heterocycles. The smallest absolute Gasteiger partial charge is 0.245 e. The molecular weight excluding hydrogens is 498 g/mol. The van der Waals surface area contributed by atoms with E-state index in [1.165, 1.54) is 44.4 Å². The molecule has 3 rings (SSSR count). The molecule has 0 unspecified atom stereocenters. The SMILES string of the molecule is CCS(=O)(=O)N(CC(=O)Nc1cc(S(=O)(=O)NC(C)C)ccc1OC)c1ccc2c(c1)OCCO2. The Kier molecular flexibility index (Phi) is 8.13. The number of hydrogen-bond acceptors (Lipinski definition) is 8. The molecule has 0 bridgehead atoms. The molecule has 0 fully saturated rings. The number of anilines is 2. The average Bonchev–Trinajstić information content (AvgIpc) is 2.81. The molecule has 0 saturated carbocycles. The molecule has 0 atom stereocenters. The minimum Gasteiger partial charge on any atom is -0.495 e. The summed E-state index contributed by atoms with van der Waals surface area (Å²) in [4.78, 5) is 12.9. The van der Waals surface area contributed by atoms with Crippen LogP contribution < -0.4 is 28.6 Å². The first-order valence-electron chi connectivity index (χ1n) is 10.9. The largest absolute Gasteiger partial charge is 0.495 e. The van der Waals surface area contributed by atoms with Crippen molar-refractivity contribution < 1.29 is 35.8 Å². The van der Waals surface area contributed by atoms with Gasteiger partial charge in [-0.2, -0.15) is 0 Å². The Labute approximate surface area is 205 Å². The summed E-state index contributed by atoms with van der Waals surface area (Å²) in [5, 5.41) is 2.57. The molecule has 1 aliphatic rings. The van der Waals surface area contributed by atoms with E-state index in [-0.39, 0.29) is 33.8 Å². The van der Waals surface area contributed by atoms with E-state index in [4.69, 9.17) is 14.2 Å². The van der Waals surface area contributed by atoms with Gasteiger partial charge in [-0.05, 0) is 51.1 Å². The lowest BCUT2D eigenvalue weighted by Crippen LogP contribution is -2.39. The van der Waals surface area contributed by atoms with Gasteiger partial charge in [0.25, 0.3) is 0 Å². The van der Waals surface area contributed by atoms with Crippen LogP contribution >= 0.6 is 0 Å². The third-order valence-corrected chi connectivity index (χ3v) is 8.35. The number of hydrogen-bond donors (Lipinski definition) is 2. The number of carbonyl (C=O) groups excluding carboxylic acids is 1. The lowest BCUT2D eigenvalue weighted by molar-refractivity contribution is -0.114. The Morgan fingerprint density at radius 2 is 1.74 bits per heavy atom. The van der Waals surface area contributed by atoms with E-state index in [0.29, 0.717) is 24.7 Å². The molecule has 2 aromatic carbocycles. The predicted octanol–water partition coefficient (Wildman–Crippen LogP) is 1.95. The van der Waals surface area contributed by atoms with Crippen LogP contribution in [-0.4, -0.2) is 61.4 Å². The van der Waals surface area contributed by atoms with Crippen LogP contribution in [0.2, 0.25) is 0 Å². The first kappa shape index (κ1) is 26.6. The van der Waals surface area contributed by atoms with Crippen LogP contribution in [0.3, 0.4) is 0 Å². The summed E-state index contributed by atoms with van der Waals surface area (Å²) in [5.74, 6) is 0.138. The van der Waals surface area contributed by atoms with E-state index in [1.807, 2.05) is 0 Å². The maximum absolute atomic E-state index is 13.0. The molecule has 192 valence electrons. The molecule has 35 heavy (non-hydrogen) atoms. The van der Waals surface area contributed by atoms with Crippen molar-refractivity contribution in [3.63, 3.8) is 0 Å². The van der Waals surface area contributed by atoms with Crippen molar-refractivity contribution in [2.75, 3.05) is 42.2 Å². The molecule has 2 aromatic rings. The zero-order valence-corrected chi connectivity index (χ0v) is 21.5. The van der Waals surface area contributed by atoms with Crippen LogP contribution in [0.15, 0.2) is 41.3 Å². The third-order valence-electron chi connectivity index (χ3n) is 4.95. The van der Waals surface area contributed by atoms with Crippen molar-refractivity contribution in [3.05, 3.63) is 36.4 Å². The van der Waals surface area contributed by atoms with Crippen LogP contribution in [0.4, 0.5) is 11.4 Å². The second kappa shape index (κ2) is 10.7. The number of amides is 1. The Morgan fingerprint density at radius 3 is 2.37 bits per heavy atom. The number of carbonyl (C=O) groups is 1. The molecule has 2 N–H and O–H groups in total. The average molecular weight is 528 g/mol. The lowest BCUT2D eigenvalue weighted by atomic mass is 10.2. The van der Waals surface area contributed by atoms with Crippen molar-refractivity contribution >= 4 is 37.3 Å². The summed E-state index contributed by atoms with van der Waals surface area (Å²) in [5.41, 5.74) is 0.316. The fourth-order valence-electron chi connectivity index (χ4n) is 3.34. The number of methoxy groups -OCH3 is 1. The first-order chi connectivity index (χ1) is 16.5. The van der Waals surface area contributed by atoms with E-state index in [9.17, 15) is 21.6 Å². The van der Waals surface area contributed by atoms with Crippen LogP contribution in [0.5, 0.6) is 17.2 Å². The van der Waals surface area contributed by atoms with Crippen LogP contribution in [0.1, 0.15) is 20.8 Å². The fraction of sp³-hybridized carbons (Fsp3) is 0.409. The van der Waals surface area contributed by atoms with Gasteiger partial charge in [0.15, 0.2) is 11.5 Å². The zero-order valence-electron chi connectivity index (χ0n) is 19.9. The Balaban J connectivity index is 1.90. The van der Waals surface area contributed by atoms with E-state index in [0.717, 1.165) is 4.31 Å². The molecule has 0 saturated heterocycles. The quantitative estimate of drug-likeness (QED) is 0.478. The highest BCUT2D eigenvalue weighted by molar-refractivity contribution is 7.92. The summed E-state index contributed by atoms with van der Waals surface area (Å²) >= 11 is 0. The molecule has 0 aliphatic carbocycles. The van der Waals surface area contributed by atoms with Crippen LogP contribution in [0.25, 0.3) is 0 Å². The molecular formula is C22H29N3O8S2. The third kappa shape index (κ3) is 6.35. The minimum atomic E-state index is -3.85. The van der Waals surface area contributed by atoms with Gasteiger partial charge in [-0.3, -0.25) is 9.10 Å². The number of rotatable bonds is 10. The van der Waals surface area contributed by atoms with E-state index in [1.54, 1.807) is 19.9 Å². The summed E-state index contributed by atoms with van der Waals surface area (Å²) in [6, 6.07) is 8.29. The van der Waals surface area contributed by atoms with Crippen molar-refractivity contribution in [3.8, 4) is 17.2 Å². The van der Waals surface area contributed by atoms with Crippen molar-refractivity contribution in [1.82, 2.24) is 4.72 Å². The number of benzene rings is 2. The van der Waals surface area contributed by atoms with Crippen molar-refractivity contribution in [2.24, 2.45) is 0 Å². The standard InChI is InChI=1S/C22H29N3O8S2/c1-5-34(27,28)25(16-6-8-20-21(12-16)33-11-10-32-20)14-22(26)23-18-13-17(7-9-19(18)31-4)35(29,30)24-15(2)3/h6-9,12-13,15,24H,5,10-11,14H2,1-4H3,(H,23,26). The van der Waals surface area contributed by atoms with Gasteiger partial charge in [-0.15, -0.1) is 0 Å². The molecule has 13 heteroatoms. The molecule has 11 nitrogen and oxygen atoms in total. The topological polar surface area (TPSA) is 140 Å². The van der Waals surface area contributed by atoms with Gasteiger partial charge in [-0.1, -0.05) is 0 Å². The maximum Gasteiger partial charge on any atom is 0.245 e. The second-order valence-corrected chi connectivity index (χ2v) is 11.8. The highest BCUT2D eigenvalue weighted by Gasteiger charge is 2.26. The highest BCUT2D eigenvalue weighted by atomic mass is 32.2. The summed E-state index contributed by atoms with van der Waals surface area (Å²) in [6.45, 7) is 4.99. The number of sulfonamides is 2. The highest BCUT2D eigenvalue weighted by Crippen LogP contribution is 2.35. The Hall–Kier alpha value is -3.03. The Bertz CT molecular complexity index is 1290. The van der Waals surface area contributed by atoms with Crippen molar-refractivity contribution in [2.45, 2.75) is 31.7 Å². The molecule has 0 spiro atoms. The van der Waals surface area contributed by atoms with Gasteiger partial charge in [0, 0.05) is 12.1 Å². The maximum atomic E-state index is 13.0. The lowest BCUT2D eigenvalue weighted by Gasteiger charge is -2.26. The molecule has 1 amide bonds. The van der Waals surface area contributed by atoms with Crippen LogP contribution in [-0.2, 0) is 24.8 Å². The number of fused-ring (bicyclic) bond motifs is 1. The van der Waals surface area contributed by atoms with E-state index >= 15 is 0 Å². The van der Waals surface area contributed by atoms with Gasteiger partial charge in [0.2, 0.25) is 26.0 Å². The van der Waals surface area contributed by atoms with Crippen molar-refractivity contribution in [1.29, 1.82) is 0 Å². The zero-order chi connectivity index (χ0) is 25.8. The van der Waals surface area contributed by atoms with Gasteiger partial charge in [0.1, 0.15) is 25.5 Å². The summed E-state index contributed by atoms with van der Waals surface area (Å²) in [6.07, 6.45) is 0. The summed E-state index contributed by atoms with van der Waals surface area (Å²) in [7, 11) is -6.31.